The fourth-order valence-corrected chi connectivity index (χ4v) is 3.75. The summed E-state index contributed by atoms with van der Waals surface area (Å²) in [5.74, 6) is 0.706. The van der Waals surface area contributed by atoms with Crippen LogP contribution in [0.4, 0.5) is 5.69 Å². The van der Waals surface area contributed by atoms with Gasteiger partial charge in [-0.3, -0.25) is 4.79 Å². The number of fused-ring (bicyclic) bond motifs is 2. The summed E-state index contributed by atoms with van der Waals surface area (Å²) < 4.78 is 10.8. The van der Waals surface area contributed by atoms with Crippen molar-refractivity contribution in [3.05, 3.63) is 53.5 Å². The van der Waals surface area contributed by atoms with Gasteiger partial charge in [-0.1, -0.05) is 18.2 Å². The summed E-state index contributed by atoms with van der Waals surface area (Å²) in [7, 11) is 0. The van der Waals surface area contributed by atoms with E-state index in [-0.39, 0.29) is 11.3 Å². The van der Waals surface area contributed by atoms with E-state index in [1.54, 1.807) is 12.3 Å². The quantitative estimate of drug-likeness (QED) is 0.811. The first kappa shape index (κ1) is 13.6. The van der Waals surface area contributed by atoms with Crippen LogP contribution in [0.3, 0.4) is 0 Å². The molecular formula is C18H19NO3. The highest BCUT2D eigenvalue weighted by Gasteiger charge is 2.45. The number of para-hydroxylation sites is 1. The third-order valence-electron chi connectivity index (χ3n) is 5.01. The first-order chi connectivity index (χ1) is 10.7. The van der Waals surface area contributed by atoms with Crippen molar-refractivity contribution in [1.29, 1.82) is 0 Å². The van der Waals surface area contributed by atoms with Gasteiger partial charge in [-0.25, -0.2) is 0 Å². The highest BCUT2D eigenvalue weighted by atomic mass is 16.5. The maximum absolute atomic E-state index is 13.0. The molecule has 0 saturated carbocycles. The molecule has 1 aromatic carbocycles. The molecule has 1 spiro atoms. The molecule has 2 aliphatic rings. The predicted molar refractivity (Wildman–Crippen MR) is 83.3 cm³/mol. The zero-order valence-electron chi connectivity index (χ0n) is 12.7. The fraction of sp³-hybridized carbons (Fsp3) is 0.389. The molecule has 2 aromatic rings. The number of nitrogens with zero attached hydrogens (tertiary/aromatic N) is 1. The molecule has 0 N–H and O–H groups in total. The number of ether oxygens (including phenoxy) is 1. The Balaban J connectivity index is 1.76. The van der Waals surface area contributed by atoms with E-state index in [2.05, 4.69) is 12.1 Å². The van der Waals surface area contributed by atoms with E-state index in [9.17, 15) is 4.79 Å². The first-order valence-corrected chi connectivity index (χ1v) is 7.74. The van der Waals surface area contributed by atoms with Crippen LogP contribution in [0.1, 0.15) is 34.5 Å². The second-order valence-electron chi connectivity index (χ2n) is 6.19. The van der Waals surface area contributed by atoms with Crippen molar-refractivity contribution in [3.8, 4) is 0 Å². The Labute approximate surface area is 129 Å². The van der Waals surface area contributed by atoms with Crippen LogP contribution >= 0.6 is 0 Å². The highest BCUT2D eigenvalue weighted by Crippen LogP contribution is 2.47. The van der Waals surface area contributed by atoms with Gasteiger partial charge in [-0.15, -0.1) is 0 Å². The molecule has 0 radical (unpaired) electrons. The van der Waals surface area contributed by atoms with Gasteiger partial charge in [0.2, 0.25) is 0 Å². The number of hydrogen-bond acceptors (Lipinski definition) is 3. The molecule has 0 atom stereocenters. The number of anilines is 1. The van der Waals surface area contributed by atoms with Gasteiger partial charge in [0.25, 0.3) is 5.91 Å². The molecular weight excluding hydrogens is 278 g/mol. The van der Waals surface area contributed by atoms with Crippen LogP contribution in [-0.2, 0) is 10.2 Å². The highest BCUT2D eigenvalue weighted by molar-refractivity contribution is 6.08. The first-order valence-electron chi connectivity index (χ1n) is 7.74. The second-order valence-corrected chi connectivity index (χ2v) is 6.19. The third-order valence-corrected chi connectivity index (χ3v) is 5.01. The molecule has 1 aromatic heterocycles. The lowest BCUT2D eigenvalue weighted by Crippen LogP contribution is -2.40. The number of hydrogen-bond donors (Lipinski definition) is 0. The van der Waals surface area contributed by atoms with E-state index in [1.807, 2.05) is 24.0 Å². The van der Waals surface area contributed by atoms with Gasteiger partial charge in [0.15, 0.2) is 0 Å². The Kier molecular flexibility index (Phi) is 3.08. The summed E-state index contributed by atoms with van der Waals surface area (Å²) in [5.41, 5.74) is 3.02. The molecule has 1 amide bonds. The lowest BCUT2D eigenvalue weighted by molar-refractivity contribution is 0.0547. The van der Waals surface area contributed by atoms with Crippen LogP contribution in [0.2, 0.25) is 0 Å². The van der Waals surface area contributed by atoms with Gasteiger partial charge in [0, 0.05) is 30.9 Å². The number of carbonyl (C=O) groups excluding carboxylic acids is 1. The Bertz CT molecular complexity index is 713. The van der Waals surface area contributed by atoms with E-state index in [4.69, 9.17) is 9.15 Å². The van der Waals surface area contributed by atoms with Gasteiger partial charge in [0.1, 0.15) is 5.76 Å². The molecule has 22 heavy (non-hydrogen) atoms. The van der Waals surface area contributed by atoms with Crippen molar-refractivity contribution in [1.82, 2.24) is 0 Å². The minimum Gasteiger partial charge on any atom is -0.469 e. The van der Waals surface area contributed by atoms with Crippen molar-refractivity contribution in [2.75, 3.05) is 24.7 Å². The summed E-state index contributed by atoms with van der Waals surface area (Å²) in [6.07, 6.45) is 3.52. The van der Waals surface area contributed by atoms with Crippen molar-refractivity contribution in [3.63, 3.8) is 0 Å². The number of aryl methyl sites for hydroxylation is 1. The van der Waals surface area contributed by atoms with Gasteiger partial charge < -0.3 is 14.1 Å². The SMILES string of the molecule is Cc1occc1C(=O)N1CC2(CCOCC2)c2ccccc21. The van der Waals surface area contributed by atoms with Crippen LogP contribution in [0, 0.1) is 6.92 Å². The van der Waals surface area contributed by atoms with E-state index in [0.717, 1.165) is 38.3 Å². The lowest BCUT2D eigenvalue weighted by Gasteiger charge is -2.34. The average molecular weight is 297 g/mol. The molecule has 0 unspecified atom stereocenters. The van der Waals surface area contributed by atoms with E-state index < -0.39 is 0 Å². The van der Waals surface area contributed by atoms with Crippen LogP contribution in [0.5, 0.6) is 0 Å². The summed E-state index contributed by atoms with van der Waals surface area (Å²) in [4.78, 5) is 14.9. The molecule has 3 heterocycles. The number of furan rings is 1. The predicted octanol–water partition coefficient (Wildman–Crippen LogP) is 3.30. The van der Waals surface area contributed by atoms with E-state index in [0.29, 0.717) is 11.3 Å². The molecule has 4 nitrogen and oxygen atoms in total. The zero-order valence-corrected chi connectivity index (χ0v) is 12.7. The number of amides is 1. The third kappa shape index (κ3) is 1.91. The van der Waals surface area contributed by atoms with Crippen LogP contribution in [-0.4, -0.2) is 25.7 Å². The number of benzene rings is 1. The minimum absolute atomic E-state index is 0.0297. The summed E-state index contributed by atoms with van der Waals surface area (Å²) in [5, 5.41) is 0. The Morgan fingerprint density at radius 3 is 2.68 bits per heavy atom. The van der Waals surface area contributed by atoms with Gasteiger partial charge in [0.05, 0.1) is 11.8 Å². The Morgan fingerprint density at radius 1 is 1.18 bits per heavy atom. The molecule has 4 rings (SSSR count). The van der Waals surface area contributed by atoms with Gasteiger partial charge in [-0.2, -0.15) is 0 Å². The smallest absolute Gasteiger partial charge is 0.261 e. The molecule has 2 aliphatic heterocycles. The summed E-state index contributed by atoms with van der Waals surface area (Å²) in [6.45, 7) is 4.10. The number of rotatable bonds is 1. The van der Waals surface area contributed by atoms with Crippen LogP contribution in [0.25, 0.3) is 0 Å². The van der Waals surface area contributed by atoms with Gasteiger partial charge in [-0.05, 0) is 37.5 Å². The fourth-order valence-electron chi connectivity index (χ4n) is 3.75. The maximum atomic E-state index is 13.0. The largest absolute Gasteiger partial charge is 0.469 e. The van der Waals surface area contributed by atoms with Crippen molar-refractivity contribution in [2.24, 2.45) is 0 Å². The lowest BCUT2D eigenvalue weighted by atomic mass is 9.76. The van der Waals surface area contributed by atoms with Crippen molar-refractivity contribution < 1.29 is 13.9 Å². The summed E-state index contributed by atoms with van der Waals surface area (Å²) in [6, 6.07) is 10.0. The molecule has 1 fully saturated rings. The maximum Gasteiger partial charge on any atom is 0.261 e. The summed E-state index contributed by atoms with van der Waals surface area (Å²) >= 11 is 0. The molecule has 4 heteroatoms. The minimum atomic E-state index is 0.0297. The molecule has 114 valence electrons. The Hall–Kier alpha value is -2.07. The standard InChI is InChI=1S/C18H19NO3/c1-13-14(6-9-22-13)17(20)19-12-18(7-10-21-11-8-18)15-4-2-3-5-16(15)19/h2-6,9H,7-8,10-12H2,1H3. The van der Waals surface area contributed by atoms with Crippen LogP contribution in [0.15, 0.2) is 41.0 Å². The van der Waals surface area contributed by atoms with Gasteiger partial charge >= 0.3 is 0 Å². The zero-order chi connectivity index (χ0) is 15.2. The average Bonchev–Trinajstić information content (AvgIpc) is 3.11. The monoisotopic (exact) mass is 297 g/mol. The molecule has 0 aliphatic carbocycles. The van der Waals surface area contributed by atoms with Crippen molar-refractivity contribution >= 4 is 11.6 Å². The molecule has 1 saturated heterocycles. The van der Waals surface area contributed by atoms with E-state index in [1.165, 1.54) is 5.56 Å². The normalized spacial score (nSPS) is 19.4. The Morgan fingerprint density at radius 2 is 1.95 bits per heavy atom. The topological polar surface area (TPSA) is 42.7 Å². The van der Waals surface area contributed by atoms with Crippen LogP contribution < -0.4 is 4.90 Å². The number of carbonyl (C=O) groups is 1. The molecule has 0 bridgehead atoms. The van der Waals surface area contributed by atoms with Crippen molar-refractivity contribution in [2.45, 2.75) is 25.2 Å². The van der Waals surface area contributed by atoms with E-state index >= 15 is 0 Å². The second kappa shape index (κ2) is 4.99.